The lowest BCUT2D eigenvalue weighted by Gasteiger charge is -2.10. The smallest absolute Gasteiger partial charge is 0.275 e. The topological polar surface area (TPSA) is 76.2 Å². The number of nitrogens with zero attached hydrogens (tertiary/aromatic N) is 3. The highest BCUT2D eigenvalue weighted by atomic mass is 16.1. The van der Waals surface area contributed by atoms with Crippen molar-refractivity contribution in [3.63, 3.8) is 0 Å². The third-order valence-electron chi connectivity index (χ3n) is 2.96. The first kappa shape index (κ1) is 15.2. The fourth-order valence-electron chi connectivity index (χ4n) is 2.00. The number of aromatic nitrogens is 2. The van der Waals surface area contributed by atoms with Gasteiger partial charge in [-0.3, -0.25) is 4.79 Å². The Balaban J connectivity index is 1.98. The summed E-state index contributed by atoms with van der Waals surface area (Å²) in [4.78, 5) is 18.2. The van der Waals surface area contributed by atoms with Crippen LogP contribution < -0.4 is 11.1 Å². The second-order valence-corrected chi connectivity index (χ2v) is 5.17. The molecule has 2 rings (SSSR count). The van der Waals surface area contributed by atoms with Gasteiger partial charge in [-0.15, -0.1) is 0 Å². The van der Waals surface area contributed by atoms with Gasteiger partial charge in [-0.2, -0.15) is 0 Å². The van der Waals surface area contributed by atoms with Crippen molar-refractivity contribution in [2.45, 2.75) is 13.1 Å². The summed E-state index contributed by atoms with van der Waals surface area (Å²) in [6.07, 6.45) is 3.31. The van der Waals surface area contributed by atoms with E-state index in [2.05, 4.69) is 15.2 Å². The molecule has 0 aliphatic rings. The number of anilines is 1. The highest BCUT2D eigenvalue weighted by molar-refractivity contribution is 6.02. The Bertz CT molecular complexity index is 588. The first-order valence-corrected chi connectivity index (χ1v) is 6.85. The summed E-state index contributed by atoms with van der Waals surface area (Å²) in [5.41, 5.74) is 7.81. The molecule has 0 aliphatic heterocycles. The number of hydrogen-bond acceptors (Lipinski definition) is 4. The summed E-state index contributed by atoms with van der Waals surface area (Å²) in [5.74, 6) is -0.217. The van der Waals surface area contributed by atoms with Crippen LogP contribution in [0.5, 0.6) is 0 Å². The predicted octanol–water partition coefficient (Wildman–Crippen LogP) is 1.16. The molecule has 0 unspecified atom stereocenters. The second-order valence-electron chi connectivity index (χ2n) is 5.17. The van der Waals surface area contributed by atoms with Crippen molar-refractivity contribution in [3.05, 3.63) is 48.0 Å². The van der Waals surface area contributed by atoms with Gasteiger partial charge in [0.15, 0.2) is 0 Å². The first-order chi connectivity index (χ1) is 10.1. The minimum absolute atomic E-state index is 0.217. The Morgan fingerprint density at radius 3 is 2.67 bits per heavy atom. The Morgan fingerprint density at radius 1 is 1.33 bits per heavy atom. The quantitative estimate of drug-likeness (QED) is 0.836. The molecule has 1 heterocycles. The minimum Gasteiger partial charge on any atom is -0.335 e. The van der Waals surface area contributed by atoms with Crippen LogP contribution in [-0.4, -0.2) is 41.0 Å². The molecule has 112 valence electrons. The lowest BCUT2D eigenvalue weighted by molar-refractivity contribution is 0.102. The van der Waals surface area contributed by atoms with Crippen LogP contribution in [0.15, 0.2) is 36.8 Å². The zero-order valence-electron chi connectivity index (χ0n) is 12.4. The van der Waals surface area contributed by atoms with Gasteiger partial charge in [0.25, 0.3) is 5.91 Å². The van der Waals surface area contributed by atoms with Crippen LogP contribution in [0.2, 0.25) is 0 Å². The number of carbonyl (C=O) groups is 1. The molecule has 0 fully saturated rings. The number of imidazole rings is 1. The average molecular weight is 287 g/mol. The molecule has 2 aromatic rings. The number of rotatable bonds is 6. The number of benzene rings is 1. The molecular formula is C15H21N5O. The molecule has 0 saturated heterocycles. The molecule has 3 N–H and O–H groups in total. The predicted molar refractivity (Wildman–Crippen MR) is 83.1 cm³/mol. The van der Waals surface area contributed by atoms with Crippen molar-refractivity contribution in [1.82, 2.24) is 14.5 Å². The van der Waals surface area contributed by atoms with E-state index >= 15 is 0 Å². The summed E-state index contributed by atoms with van der Waals surface area (Å²) >= 11 is 0. The number of nitrogens with one attached hydrogen (secondary N) is 1. The molecular weight excluding hydrogens is 266 g/mol. The fourth-order valence-corrected chi connectivity index (χ4v) is 2.00. The summed E-state index contributed by atoms with van der Waals surface area (Å²) in [7, 11) is 4.04. The van der Waals surface area contributed by atoms with Crippen LogP contribution in [0.4, 0.5) is 5.69 Å². The van der Waals surface area contributed by atoms with Crippen molar-refractivity contribution < 1.29 is 4.79 Å². The molecule has 6 nitrogen and oxygen atoms in total. The van der Waals surface area contributed by atoms with Gasteiger partial charge >= 0.3 is 0 Å². The molecule has 1 aromatic carbocycles. The summed E-state index contributed by atoms with van der Waals surface area (Å²) in [5, 5.41) is 2.83. The molecule has 0 radical (unpaired) electrons. The number of amides is 1. The summed E-state index contributed by atoms with van der Waals surface area (Å²) < 4.78 is 1.80. The summed E-state index contributed by atoms with van der Waals surface area (Å²) in [6.45, 7) is 2.04. The van der Waals surface area contributed by atoms with E-state index in [1.165, 1.54) is 5.56 Å². The van der Waals surface area contributed by atoms with Crippen LogP contribution in [0, 0.1) is 0 Å². The molecule has 0 bridgehead atoms. The largest absolute Gasteiger partial charge is 0.335 e. The van der Waals surface area contributed by atoms with E-state index in [1.54, 1.807) is 17.1 Å². The van der Waals surface area contributed by atoms with Gasteiger partial charge in [0, 0.05) is 31.5 Å². The van der Waals surface area contributed by atoms with Crippen molar-refractivity contribution in [1.29, 1.82) is 0 Å². The Kier molecular flexibility index (Phi) is 5.08. The maximum absolute atomic E-state index is 12.1. The van der Waals surface area contributed by atoms with Crippen LogP contribution in [0.1, 0.15) is 16.1 Å². The minimum atomic E-state index is -0.217. The maximum atomic E-state index is 12.1. The van der Waals surface area contributed by atoms with Crippen molar-refractivity contribution in [2.24, 2.45) is 5.73 Å². The lowest BCUT2D eigenvalue weighted by atomic mass is 10.2. The van der Waals surface area contributed by atoms with Crippen molar-refractivity contribution >= 4 is 11.6 Å². The molecule has 0 spiro atoms. The van der Waals surface area contributed by atoms with Gasteiger partial charge in [-0.1, -0.05) is 12.1 Å². The van der Waals surface area contributed by atoms with E-state index in [0.717, 1.165) is 12.2 Å². The van der Waals surface area contributed by atoms with Crippen molar-refractivity contribution in [2.75, 3.05) is 26.0 Å². The third-order valence-corrected chi connectivity index (χ3v) is 2.96. The van der Waals surface area contributed by atoms with Gasteiger partial charge < -0.3 is 20.5 Å². The second kappa shape index (κ2) is 7.01. The normalized spacial score (nSPS) is 10.9. The van der Waals surface area contributed by atoms with E-state index in [9.17, 15) is 4.79 Å². The molecule has 21 heavy (non-hydrogen) atoms. The zero-order valence-corrected chi connectivity index (χ0v) is 12.4. The lowest BCUT2D eigenvalue weighted by Crippen LogP contribution is -2.13. The van der Waals surface area contributed by atoms with E-state index in [4.69, 9.17) is 5.73 Å². The van der Waals surface area contributed by atoms with E-state index < -0.39 is 0 Å². The third kappa shape index (κ3) is 4.40. The zero-order chi connectivity index (χ0) is 15.2. The van der Waals surface area contributed by atoms with Crippen LogP contribution in [0.3, 0.4) is 0 Å². The molecule has 1 aromatic heterocycles. The Morgan fingerprint density at radius 2 is 2.05 bits per heavy atom. The monoisotopic (exact) mass is 287 g/mol. The fraction of sp³-hybridized carbons (Fsp3) is 0.333. The average Bonchev–Trinajstić information content (AvgIpc) is 2.89. The van der Waals surface area contributed by atoms with Crippen LogP contribution in [0.25, 0.3) is 0 Å². The SMILES string of the molecule is CN(C)Cc1ccc(NC(=O)c2cn(CCN)cn2)cc1. The van der Waals surface area contributed by atoms with Gasteiger partial charge in [0.2, 0.25) is 0 Å². The Hall–Kier alpha value is -2.18. The molecule has 6 heteroatoms. The first-order valence-electron chi connectivity index (χ1n) is 6.85. The highest BCUT2D eigenvalue weighted by Gasteiger charge is 2.09. The van der Waals surface area contributed by atoms with Crippen LogP contribution in [-0.2, 0) is 13.1 Å². The van der Waals surface area contributed by atoms with Crippen LogP contribution >= 0.6 is 0 Å². The summed E-state index contributed by atoms with van der Waals surface area (Å²) in [6, 6.07) is 7.80. The number of carbonyl (C=O) groups excluding carboxylic acids is 1. The van der Waals surface area contributed by atoms with E-state index in [0.29, 0.717) is 18.8 Å². The van der Waals surface area contributed by atoms with Gasteiger partial charge in [0.05, 0.1) is 6.33 Å². The number of hydrogen-bond donors (Lipinski definition) is 2. The van der Waals surface area contributed by atoms with Gasteiger partial charge in [-0.25, -0.2) is 4.98 Å². The van der Waals surface area contributed by atoms with Gasteiger partial charge in [-0.05, 0) is 31.8 Å². The molecule has 0 atom stereocenters. The van der Waals surface area contributed by atoms with Crippen molar-refractivity contribution in [3.8, 4) is 0 Å². The molecule has 1 amide bonds. The van der Waals surface area contributed by atoms with E-state index in [1.807, 2.05) is 38.4 Å². The number of nitrogens with two attached hydrogens (primary N) is 1. The van der Waals surface area contributed by atoms with Gasteiger partial charge in [0.1, 0.15) is 5.69 Å². The molecule has 0 saturated carbocycles. The molecule has 0 aliphatic carbocycles. The highest BCUT2D eigenvalue weighted by Crippen LogP contribution is 2.12. The maximum Gasteiger partial charge on any atom is 0.275 e. The standard InChI is InChI=1S/C15H21N5O/c1-19(2)9-12-3-5-13(6-4-12)18-15(21)14-10-20(8-7-16)11-17-14/h3-6,10-11H,7-9,16H2,1-2H3,(H,18,21). The Labute approximate surface area is 124 Å². The van der Waals surface area contributed by atoms with E-state index in [-0.39, 0.29) is 5.91 Å².